The van der Waals surface area contributed by atoms with Crippen LogP contribution in [0, 0.1) is 6.92 Å². The highest BCUT2D eigenvalue weighted by Gasteiger charge is 2.07. The third kappa shape index (κ3) is 1.84. The van der Waals surface area contributed by atoms with Crippen LogP contribution in [0.4, 0.5) is 5.69 Å². The maximum absolute atomic E-state index is 5.09. The summed E-state index contributed by atoms with van der Waals surface area (Å²) in [7, 11) is 3.43. The lowest BCUT2D eigenvalue weighted by atomic mass is 10.2. The van der Waals surface area contributed by atoms with Crippen LogP contribution in [0.15, 0.2) is 12.1 Å². The molecule has 0 aliphatic heterocycles. The van der Waals surface area contributed by atoms with Crippen molar-refractivity contribution >= 4 is 5.69 Å². The fraction of sp³-hybridized carbons (Fsp3) is 0.333. The number of hydrogen-bond donors (Lipinski definition) is 2. The van der Waals surface area contributed by atoms with E-state index in [2.05, 4.69) is 10.2 Å². The van der Waals surface area contributed by atoms with E-state index in [0.29, 0.717) is 11.5 Å². The summed E-state index contributed by atoms with van der Waals surface area (Å²) in [6.07, 6.45) is 0. The molecule has 4 heteroatoms. The second kappa shape index (κ2) is 4.00. The molecule has 13 heavy (non-hydrogen) atoms. The molecule has 0 fully saturated rings. The largest absolute Gasteiger partial charge is 0.493 e. The Bertz CT molecular complexity index is 300. The predicted molar refractivity (Wildman–Crippen MR) is 52.1 cm³/mol. The summed E-state index contributed by atoms with van der Waals surface area (Å²) in [6.45, 7) is 1.97. The van der Waals surface area contributed by atoms with Gasteiger partial charge in [-0.1, -0.05) is 0 Å². The van der Waals surface area contributed by atoms with Crippen molar-refractivity contribution in [2.24, 2.45) is 5.90 Å². The molecule has 0 unspecified atom stereocenters. The van der Waals surface area contributed by atoms with Gasteiger partial charge in [0.05, 0.1) is 7.11 Å². The van der Waals surface area contributed by atoms with Crippen LogP contribution in [0.25, 0.3) is 0 Å². The minimum atomic E-state index is 0.541. The fourth-order valence-corrected chi connectivity index (χ4v) is 1.18. The molecule has 3 N–H and O–H groups in total. The van der Waals surface area contributed by atoms with Crippen molar-refractivity contribution in [1.29, 1.82) is 0 Å². The second-order valence-corrected chi connectivity index (χ2v) is 2.69. The number of benzene rings is 1. The van der Waals surface area contributed by atoms with Crippen LogP contribution < -0.4 is 20.8 Å². The molecular weight excluding hydrogens is 168 g/mol. The predicted octanol–water partition coefficient (Wildman–Crippen LogP) is 1.30. The summed E-state index contributed by atoms with van der Waals surface area (Å²) >= 11 is 0. The highest BCUT2D eigenvalue weighted by Crippen LogP contribution is 2.31. The zero-order valence-corrected chi connectivity index (χ0v) is 8.05. The van der Waals surface area contributed by atoms with E-state index in [-0.39, 0.29) is 0 Å². The molecule has 0 heterocycles. The quantitative estimate of drug-likeness (QED) is 0.692. The third-order valence-electron chi connectivity index (χ3n) is 1.91. The van der Waals surface area contributed by atoms with E-state index >= 15 is 0 Å². The zero-order chi connectivity index (χ0) is 9.84. The van der Waals surface area contributed by atoms with Gasteiger partial charge in [-0.3, -0.25) is 0 Å². The van der Waals surface area contributed by atoms with Gasteiger partial charge in [-0.25, -0.2) is 0 Å². The lowest BCUT2D eigenvalue weighted by molar-refractivity contribution is 0.306. The minimum Gasteiger partial charge on any atom is -0.493 e. The molecular formula is C9H14N2O2. The number of ether oxygens (including phenoxy) is 1. The lowest BCUT2D eigenvalue weighted by Gasteiger charge is -2.11. The Morgan fingerprint density at radius 2 is 2.00 bits per heavy atom. The molecule has 1 aromatic rings. The molecule has 0 saturated heterocycles. The van der Waals surface area contributed by atoms with Gasteiger partial charge < -0.3 is 14.9 Å². The summed E-state index contributed by atoms with van der Waals surface area (Å²) in [5.41, 5.74) is 2.06. The monoisotopic (exact) mass is 182 g/mol. The van der Waals surface area contributed by atoms with Crippen molar-refractivity contribution in [1.82, 2.24) is 0 Å². The first-order valence-corrected chi connectivity index (χ1v) is 3.96. The fourth-order valence-electron chi connectivity index (χ4n) is 1.18. The molecule has 0 radical (unpaired) electrons. The molecule has 0 saturated carbocycles. The Hall–Kier alpha value is -1.42. The van der Waals surface area contributed by atoms with Crippen molar-refractivity contribution in [3.8, 4) is 11.5 Å². The molecule has 0 spiro atoms. The highest BCUT2D eigenvalue weighted by atomic mass is 16.6. The van der Waals surface area contributed by atoms with Crippen LogP contribution in [0.2, 0.25) is 0 Å². The van der Waals surface area contributed by atoms with Gasteiger partial charge in [0.15, 0.2) is 11.5 Å². The lowest BCUT2D eigenvalue weighted by Crippen LogP contribution is -2.04. The van der Waals surface area contributed by atoms with E-state index in [1.54, 1.807) is 7.11 Å². The number of anilines is 1. The maximum atomic E-state index is 5.09. The first-order valence-electron chi connectivity index (χ1n) is 3.96. The van der Waals surface area contributed by atoms with Crippen molar-refractivity contribution in [3.05, 3.63) is 17.7 Å². The maximum Gasteiger partial charge on any atom is 0.189 e. The zero-order valence-electron chi connectivity index (χ0n) is 8.05. The van der Waals surface area contributed by atoms with Crippen molar-refractivity contribution in [2.45, 2.75) is 6.92 Å². The first-order chi connectivity index (χ1) is 6.22. The van der Waals surface area contributed by atoms with Gasteiger partial charge in [0.2, 0.25) is 0 Å². The van der Waals surface area contributed by atoms with Gasteiger partial charge in [0, 0.05) is 18.8 Å². The second-order valence-electron chi connectivity index (χ2n) is 2.69. The molecule has 72 valence electrons. The molecule has 0 amide bonds. The molecule has 1 rings (SSSR count). The number of hydrogen-bond acceptors (Lipinski definition) is 4. The standard InChI is InChI=1S/C9H14N2O2/c1-6-4-9(13-10)8(12-3)5-7(6)11-2/h4-5,11H,10H2,1-3H3. The Kier molecular flexibility index (Phi) is 2.97. The number of nitrogens with one attached hydrogen (secondary N) is 1. The third-order valence-corrected chi connectivity index (χ3v) is 1.91. The molecule has 0 aliphatic rings. The van der Waals surface area contributed by atoms with Crippen LogP contribution in [0.1, 0.15) is 5.56 Å². The van der Waals surface area contributed by atoms with E-state index in [4.69, 9.17) is 10.6 Å². The number of aryl methyl sites for hydroxylation is 1. The average molecular weight is 182 g/mol. The Labute approximate surface area is 77.6 Å². The van der Waals surface area contributed by atoms with Crippen LogP contribution in [-0.2, 0) is 0 Å². The van der Waals surface area contributed by atoms with E-state index < -0.39 is 0 Å². The molecule has 4 nitrogen and oxygen atoms in total. The Balaban J connectivity index is 3.18. The topological polar surface area (TPSA) is 56.5 Å². The van der Waals surface area contributed by atoms with E-state index in [9.17, 15) is 0 Å². The summed E-state index contributed by atoms with van der Waals surface area (Å²) in [5, 5.41) is 3.04. The van der Waals surface area contributed by atoms with E-state index in [1.807, 2.05) is 26.1 Å². The van der Waals surface area contributed by atoms with Gasteiger partial charge in [-0.05, 0) is 18.6 Å². The minimum absolute atomic E-state index is 0.541. The Morgan fingerprint density at radius 3 is 2.46 bits per heavy atom. The molecule has 0 aromatic heterocycles. The van der Waals surface area contributed by atoms with Crippen LogP contribution >= 0.6 is 0 Å². The average Bonchev–Trinajstić information content (AvgIpc) is 2.17. The molecule has 0 aliphatic carbocycles. The number of nitrogens with two attached hydrogens (primary N) is 1. The van der Waals surface area contributed by atoms with Crippen LogP contribution in [0.3, 0.4) is 0 Å². The first kappa shape index (κ1) is 9.67. The summed E-state index contributed by atoms with van der Waals surface area (Å²) < 4.78 is 5.09. The normalized spacial score (nSPS) is 9.54. The SMILES string of the molecule is CNc1cc(OC)c(ON)cc1C. The van der Waals surface area contributed by atoms with Crippen molar-refractivity contribution in [3.63, 3.8) is 0 Å². The summed E-state index contributed by atoms with van der Waals surface area (Å²) in [4.78, 5) is 4.66. The smallest absolute Gasteiger partial charge is 0.189 e. The van der Waals surface area contributed by atoms with Gasteiger partial charge in [-0.2, -0.15) is 5.90 Å². The van der Waals surface area contributed by atoms with Gasteiger partial charge in [-0.15, -0.1) is 0 Å². The highest BCUT2D eigenvalue weighted by molar-refractivity contribution is 5.59. The van der Waals surface area contributed by atoms with Crippen LogP contribution in [0.5, 0.6) is 11.5 Å². The van der Waals surface area contributed by atoms with E-state index in [1.165, 1.54) is 0 Å². The van der Waals surface area contributed by atoms with Crippen LogP contribution in [-0.4, -0.2) is 14.2 Å². The molecule has 1 aromatic carbocycles. The summed E-state index contributed by atoms with van der Waals surface area (Å²) in [6, 6.07) is 3.67. The van der Waals surface area contributed by atoms with E-state index in [0.717, 1.165) is 11.3 Å². The van der Waals surface area contributed by atoms with Gasteiger partial charge >= 0.3 is 0 Å². The number of methoxy groups -OCH3 is 1. The Morgan fingerprint density at radius 1 is 1.31 bits per heavy atom. The van der Waals surface area contributed by atoms with Gasteiger partial charge in [0.25, 0.3) is 0 Å². The molecule has 0 atom stereocenters. The summed E-state index contributed by atoms with van der Waals surface area (Å²) in [5.74, 6) is 6.25. The van der Waals surface area contributed by atoms with Crippen molar-refractivity contribution < 1.29 is 9.57 Å². The molecule has 0 bridgehead atoms. The van der Waals surface area contributed by atoms with Gasteiger partial charge in [0.1, 0.15) is 0 Å². The number of rotatable bonds is 3. The van der Waals surface area contributed by atoms with Crippen molar-refractivity contribution in [2.75, 3.05) is 19.5 Å².